The molecular weight excluding hydrogens is 244 g/mol. The highest BCUT2D eigenvalue weighted by Crippen LogP contribution is 2.18. The normalized spacial score (nSPS) is 10.2. The van der Waals surface area contributed by atoms with Crippen LogP contribution in [0.15, 0.2) is 22.7 Å². The number of ether oxygens (including phenoxy) is 1. The maximum atomic E-state index is 9.00. The number of benzene rings is 1. The van der Waals surface area contributed by atoms with Crippen LogP contribution in [-0.4, -0.2) is 17.3 Å². The van der Waals surface area contributed by atoms with Crippen molar-refractivity contribution >= 4 is 0 Å². The third kappa shape index (κ3) is 3.30. The molecule has 0 aliphatic carbocycles. The molecule has 2 rings (SSSR count). The fourth-order valence-electron chi connectivity index (χ4n) is 1.68. The van der Waals surface area contributed by atoms with Gasteiger partial charge < -0.3 is 14.6 Å². The Balaban J connectivity index is 1.95. The van der Waals surface area contributed by atoms with E-state index in [0.717, 1.165) is 5.56 Å². The van der Waals surface area contributed by atoms with E-state index in [9.17, 15) is 0 Å². The second-order valence-electron chi connectivity index (χ2n) is 3.98. The molecule has 0 radical (unpaired) electrons. The minimum Gasteiger partial charge on any atom is -0.495 e. The number of aromatic nitrogens is 2. The van der Waals surface area contributed by atoms with Crippen LogP contribution in [0.5, 0.6) is 5.75 Å². The zero-order valence-electron chi connectivity index (χ0n) is 10.8. The molecule has 0 saturated heterocycles. The Hall–Kier alpha value is -2.39. The number of rotatable bonds is 5. The van der Waals surface area contributed by atoms with Gasteiger partial charge in [-0.25, -0.2) is 0 Å². The van der Waals surface area contributed by atoms with Crippen molar-refractivity contribution in [3.8, 4) is 11.8 Å². The van der Waals surface area contributed by atoms with Crippen LogP contribution < -0.4 is 10.1 Å². The number of aryl methyl sites for hydroxylation is 1. The van der Waals surface area contributed by atoms with Gasteiger partial charge in [0.05, 0.1) is 19.2 Å². The average Bonchev–Trinajstić information content (AvgIpc) is 2.84. The van der Waals surface area contributed by atoms with Crippen LogP contribution in [0, 0.1) is 18.3 Å². The molecule has 0 atom stereocenters. The molecule has 19 heavy (non-hydrogen) atoms. The van der Waals surface area contributed by atoms with E-state index in [1.54, 1.807) is 26.2 Å². The zero-order valence-corrected chi connectivity index (χ0v) is 10.8. The van der Waals surface area contributed by atoms with E-state index >= 15 is 0 Å². The van der Waals surface area contributed by atoms with Crippen molar-refractivity contribution in [3.05, 3.63) is 41.0 Å². The van der Waals surface area contributed by atoms with E-state index < -0.39 is 0 Å². The van der Waals surface area contributed by atoms with E-state index in [4.69, 9.17) is 14.5 Å². The summed E-state index contributed by atoms with van der Waals surface area (Å²) < 4.78 is 9.97. The van der Waals surface area contributed by atoms with E-state index in [1.807, 2.05) is 6.07 Å². The number of nitrogens with zero attached hydrogens (tertiary/aromatic N) is 3. The molecule has 0 spiro atoms. The lowest BCUT2D eigenvalue weighted by Gasteiger charge is -2.06. The molecule has 1 heterocycles. The molecule has 0 saturated carbocycles. The van der Waals surface area contributed by atoms with Gasteiger partial charge in [-0.1, -0.05) is 11.2 Å². The van der Waals surface area contributed by atoms with Crippen molar-refractivity contribution in [2.45, 2.75) is 20.0 Å². The molecule has 0 aliphatic heterocycles. The summed E-state index contributed by atoms with van der Waals surface area (Å²) in [6.07, 6.45) is 0. The van der Waals surface area contributed by atoms with Crippen LogP contribution in [0.2, 0.25) is 0 Å². The fraction of sp³-hybridized carbons (Fsp3) is 0.308. The minimum absolute atomic E-state index is 0.519. The number of hydrogen-bond acceptors (Lipinski definition) is 6. The summed E-state index contributed by atoms with van der Waals surface area (Å²) in [5.74, 6) is 1.75. The zero-order chi connectivity index (χ0) is 13.7. The number of nitriles is 1. The molecule has 6 heteroatoms. The summed E-state index contributed by atoms with van der Waals surface area (Å²) in [5, 5.41) is 16.0. The van der Waals surface area contributed by atoms with Crippen LogP contribution >= 0.6 is 0 Å². The molecule has 0 unspecified atom stereocenters. The third-order valence-corrected chi connectivity index (χ3v) is 2.57. The van der Waals surface area contributed by atoms with Gasteiger partial charge in [0, 0.05) is 13.5 Å². The maximum absolute atomic E-state index is 9.00. The van der Waals surface area contributed by atoms with Crippen molar-refractivity contribution in [2.24, 2.45) is 0 Å². The van der Waals surface area contributed by atoms with Gasteiger partial charge in [0.25, 0.3) is 0 Å². The maximum Gasteiger partial charge on any atom is 0.223 e. The lowest BCUT2D eigenvalue weighted by Crippen LogP contribution is -2.13. The summed E-state index contributed by atoms with van der Waals surface area (Å²) in [4.78, 5) is 4.09. The predicted octanol–water partition coefficient (Wildman–Crippen LogP) is 1.55. The molecule has 0 bridgehead atoms. The van der Waals surface area contributed by atoms with Gasteiger partial charge in [-0.15, -0.1) is 0 Å². The molecule has 1 aromatic heterocycles. The smallest absolute Gasteiger partial charge is 0.223 e. The van der Waals surface area contributed by atoms with Crippen LogP contribution in [0.1, 0.15) is 22.8 Å². The Bertz CT molecular complexity index is 601. The molecule has 0 fully saturated rings. The molecule has 6 nitrogen and oxygen atoms in total. The average molecular weight is 258 g/mol. The molecule has 1 N–H and O–H groups in total. The summed E-state index contributed by atoms with van der Waals surface area (Å²) in [7, 11) is 1.55. The van der Waals surface area contributed by atoms with Crippen LogP contribution in [0.4, 0.5) is 0 Å². The Kier molecular flexibility index (Phi) is 4.11. The number of methoxy groups -OCH3 is 1. The summed E-state index contributed by atoms with van der Waals surface area (Å²) in [5.41, 5.74) is 1.52. The largest absolute Gasteiger partial charge is 0.495 e. The SMILES string of the molecule is COc1ccc(CNCc2noc(C)n2)cc1C#N. The Morgan fingerprint density at radius 2 is 2.26 bits per heavy atom. The quantitative estimate of drug-likeness (QED) is 0.875. The summed E-state index contributed by atoms with van der Waals surface area (Å²) in [6, 6.07) is 7.60. The van der Waals surface area contributed by atoms with Crippen molar-refractivity contribution in [2.75, 3.05) is 7.11 Å². The topological polar surface area (TPSA) is 84.0 Å². The van der Waals surface area contributed by atoms with Gasteiger partial charge in [0.15, 0.2) is 5.82 Å². The molecule has 2 aromatic rings. The standard InChI is InChI=1S/C13H14N4O2/c1-9-16-13(17-19-9)8-15-7-10-3-4-12(18-2)11(5-10)6-14/h3-5,15H,7-8H2,1-2H3. The monoisotopic (exact) mass is 258 g/mol. The first kappa shape index (κ1) is 13.1. The Labute approximate surface area is 111 Å². The van der Waals surface area contributed by atoms with Crippen LogP contribution in [0.3, 0.4) is 0 Å². The van der Waals surface area contributed by atoms with E-state index in [0.29, 0.717) is 36.1 Å². The third-order valence-electron chi connectivity index (χ3n) is 2.57. The molecule has 98 valence electrons. The van der Waals surface area contributed by atoms with Gasteiger partial charge in [-0.05, 0) is 17.7 Å². The van der Waals surface area contributed by atoms with Gasteiger partial charge in [0.1, 0.15) is 11.8 Å². The predicted molar refractivity (Wildman–Crippen MR) is 67.3 cm³/mol. The summed E-state index contributed by atoms with van der Waals surface area (Å²) >= 11 is 0. The first-order valence-corrected chi connectivity index (χ1v) is 5.80. The highest BCUT2D eigenvalue weighted by Gasteiger charge is 2.05. The van der Waals surface area contributed by atoms with E-state index in [1.165, 1.54) is 0 Å². The molecule has 1 aromatic carbocycles. The fourth-order valence-corrected chi connectivity index (χ4v) is 1.68. The first-order chi connectivity index (χ1) is 9.22. The highest BCUT2D eigenvalue weighted by atomic mass is 16.5. The second kappa shape index (κ2) is 5.98. The number of hydrogen-bond donors (Lipinski definition) is 1. The van der Waals surface area contributed by atoms with Gasteiger partial charge >= 0.3 is 0 Å². The van der Waals surface area contributed by atoms with Gasteiger partial charge in [-0.2, -0.15) is 10.2 Å². The van der Waals surface area contributed by atoms with Gasteiger partial charge in [0.2, 0.25) is 5.89 Å². The molecular formula is C13H14N4O2. The van der Waals surface area contributed by atoms with Crippen molar-refractivity contribution < 1.29 is 9.26 Å². The van der Waals surface area contributed by atoms with E-state index in [2.05, 4.69) is 21.5 Å². The van der Waals surface area contributed by atoms with Crippen molar-refractivity contribution in [1.29, 1.82) is 5.26 Å². The summed E-state index contributed by atoms with van der Waals surface area (Å²) in [6.45, 7) is 2.89. The lowest BCUT2D eigenvalue weighted by molar-refractivity contribution is 0.385. The second-order valence-corrected chi connectivity index (χ2v) is 3.98. The van der Waals surface area contributed by atoms with Crippen molar-refractivity contribution in [3.63, 3.8) is 0 Å². The highest BCUT2D eigenvalue weighted by molar-refractivity contribution is 5.45. The molecule has 0 amide bonds. The van der Waals surface area contributed by atoms with Crippen LogP contribution in [-0.2, 0) is 13.1 Å². The molecule has 0 aliphatic rings. The Morgan fingerprint density at radius 3 is 2.89 bits per heavy atom. The van der Waals surface area contributed by atoms with Crippen molar-refractivity contribution in [1.82, 2.24) is 15.5 Å². The Morgan fingerprint density at radius 1 is 1.42 bits per heavy atom. The van der Waals surface area contributed by atoms with Gasteiger partial charge in [-0.3, -0.25) is 0 Å². The minimum atomic E-state index is 0.519. The van der Waals surface area contributed by atoms with E-state index in [-0.39, 0.29) is 0 Å². The first-order valence-electron chi connectivity index (χ1n) is 5.80. The lowest BCUT2D eigenvalue weighted by atomic mass is 10.1. The van der Waals surface area contributed by atoms with Crippen LogP contribution in [0.25, 0.3) is 0 Å². The number of nitrogens with one attached hydrogen (secondary N) is 1.